The third-order valence-electron chi connectivity index (χ3n) is 4.16. The highest BCUT2D eigenvalue weighted by atomic mass is 16.3. The van der Waals surface area contributed by atoms with Crippen LogP contribution in [0.3, 0.4) is 0 Å². The van der Waals surface area contributed by atoms with Gasteiger partial charge in [-0.1, -0.05) is 12.8 Å². The predicted octanol–water partition coefficient (Wildman–Crippen LogP) is 1.81. The minimum absolute atomic E-state index is 0.0956. The van der Waals surface area contributed by atoms with Crippen LogP contribution in [0.1, 0.15) is 44.3 Å². The molecular weight excluding hydrogens is 214 g/mol. The number of hydrogen-bond acceptors (Lipinski definition) is 3. The molecule has 0 bridgehead atoms. The van der Waals surface area contributed by atoms with E-state index in [1.54, 1.807) is 6.20 Å². The van der Waals surface area contributed by atoms with E-state index in [1.807, 2.05) is 10.9 Å². The van der Waals surface area contributed by atoms with Crippen molar-refractivity contribution in [3.8, 4) is 0 Å². The summed E-state index contributed by atoms with van der Waals surface area (Å²) in [5.74, 6) is 0. The summed E-state index contributed by atoms with van der Waals surface area (Å²) in [5, 5.41) is 14.9. The lowest BCUT2D eigenvalue weighted by Crippen LogP contribution is -2.46. The van der Waals surface area contributed by atoms with Crippen molar-refractivity contribution >= 4 is 0 Å². The minimum Gasteiger partial charge on any atom is -0.386 e. The summed E-state index contributed by atoms with van der Waals surface area (Å²) < 4.78 is 1.87. The van der Waals surface area contributed by atoms with Crippen LogP contribution >= 0.6 is 0 Å². The number of aliphatic hydroxyl groups is 1. The first-order valence-corrected chi connectivity index (χ1v) is 6.48. The first kappa shape index (κ1) is 12.6. The number of likely N-dealkylation sites (N-methyl/N-ethyl adjacent to an activating group) is 1. The summed E-state index contributed by atoms with van der Waals surface area (Å²) in [7, 11) is 4.14. The molecule has 1 aromatic heterocycles. The Morgan fingerprint density at radius 2 is 2.12 bits per heavy atom. The maximum atomic E-state index is 10.7. The van der Waals surface area contributed by atoms with Crippen molar-refractivity contribution in [3.63, 3.8) is 0 Å². The zero-order chi connectivity index (χ0) is 12.5. The molecule has 1 aliphatic rings. The number of aromatic nitrogens is 2. The third kappa shape index (κ3) is 2.11. The van der Waals surface area contributed by atoms with Crippen molar-refractivity contribution in [2.75, 3.05) is 14.1 Å². The fourth-order valence-corrected chi connectivity index (χ4v) is 2.96. The molecule has 1 heterocycles. The van der Waals surface area contributed by atoms with E-state index in [1.165, 1.54) is 12.8 Å². The zero-order valence-corrected chi connectivity index (χ0v) is 11.1. The Bertz CT molecular complexity index is 366. The molecule has 96 valence electrons. The van der Waals surface area contributed by atoms with Crippen LogP contribution in [-0.2, 0) is 6.54 Å². The lowest BCUT2D eigenvalue weighted by molar-refractivity contribution is -0.00479. The highest BCUT2D eigenvalue weighted by Crippen LogP contribution is 2.43. The Morgan fingerprint density at radius 3 is 2.59 bits per heavy atom. The third-order valence-corrected chi connectivity index (χ3v) is 4.16. The van der Waals surface area contributed by atoms with Gasteiger partial charge in [-0.2, -0.15) is 5.10 Å². The SMILES string of the molecule is CCn1cc(C(O)C2(N(C)C)CCCC2)cn1. The molecule has 1 aliphatic carbocycles. The summed E-state index contributed by atoms with van der Waals surface area (Å²) in [6, 6.07) is 0. The van der Waals surface area contributed by atoms with Gasteiger partial charge in [-0.25, -0.2) is 0 Å². The molecule has 0 amide bonds. The van der Waals surface area contributed by atoms with E-state index in [0.29, 0.717) is 0 Å². The van der Waals surface area contributed by atoms with Crippen molar-refractivity contribution in [1.29, 1.82) is 0 Å². The lowest BCUT2D eigenvalue weighted by atomic mass is 9.86. The van der Waals surface area contributed by atoms with E-state index in [-0.39, 0.29) is 5.54 Å². The molecule has 2 rings (SSSR count). The second-order valence-electron chi connectivity index (χ2n) is 5.24. The second kappa shape index (κ2) is 4.78. The molecular formula is C13H23N3O. The molecule has 1 N–H and O–H groups in total. The standard InChI is InChI=1S/C13H23N3O/c1-4-16-10-11(9-14-16)12(17)13(15(2)3)7-5-6-8-13/h9-10,12,17H,4-8H2,1-3H3. The summed E-state index contributed by atoms with van der Waals surface area (Å²) in [6.07, 6.45) is 7.89. The number of hydrogen-bond donors (Lipinski definition) is 1. The molecule has 1 fully saturated rings. The first-order valence-electron chi connectivity index (χ1n) is 6.48. The van der Waals surface area contributed by atoms with Crippen LogP contribution < -0.4 is 0 Å². The molecule has 1 unspecified atom stereocenters. The Hall–Kier alpha value is -0.870. The first-order chi connectivity index (χ1) is 8.10. The second-order valence-corrected chi connectivity index (χ2v) is 5.24. The van der Waals surface area contributed by atoms with E-state index in [2.05, 4.69) is 31.0 Å². The molecule has 0 aromatic carbocycles. The van der Waals surface area contributed by atoms with Crippen LogP contribution in [0.2, 0.25) is 0 Å². The molecule has 0 saturated heterocycles. The summed E-state index contributed by atoms with van der Waals surface area (Å²) in [5.41, 5.74) is 0.851. The van der Waals surface area contributed by atoms with E-state index in [9.17, 15) is 5.11 Å². The molecule has 0 aliphatic heterocycles. The number of aliphatic hydroxyl groups excluding tert-OH is 1. The molecule has 0 radical (unpaired) electrons. The van der Waals surface area contributed by atoms with Gasteiger partial charge in [-0.05, 0) is 33.9 Å². The lowest BCUT2D eigenvalue weighted by Gasteiger charge is -2.40. The molecule has 4 heteroatoms. The fourth-order valence-electron chi connectivity index (χ4n) is 2.96. The highest BCUT2D eigenvalue weighted by Gasteiger charge is 2.43. The van der Waals surface area contributed by atoms with Crippen molar-refractivity contribution < 1.29 is 5.11 Å². The van der Waals surface area contributed by atoms with Gasteiger partial charge >= 0.3 is 0 Å². The normalized spacial score (nSPS) is 21.0. The smallest absolute Gasteiger partial charge is 0.100 e. The number of aryl methyl sites for hydroxylation is 1. The average molecular weight is 237 g/mol. The fraction of sp³-hybridized carbons (Fsp3) is 0.769. The van der Waals surface area contributed by atoms with Crippen molar-refractivity contribution in [1.82, 2.24) is 14.7 Å². The molecule has 1 atom stereocenters. The molecule has 1 saturated carbocycles. The maximum absolute atomic E-state index is 10.7. The van der Waals surface area contributed by atoms with E-state index < -0.39 is 6.10 Å². The molecule has 17 heavy (non-hydrogen) atoms. The van der Waals surface area contributed by atoms with Crippen LogP contribution in [0.25, 0.3) is 0 Å². The summed E-state index contributed by atoms with van der Waals surface area (Å²) >= 11 is 0. The predicted molar refractivity (Wildman–Crippen MR) is 67.7 cm³/mol. The van der Waals surface area contributed by atoms with E-state index >= 15 is 0 Å². The zero-order valence-electron chi connectivity index (χ0n) is 11.1. The van der Waals surface area contributed by atoms with Gasteiger partial charge < -0.3 is 10.0 Å². The molecule has 4 nitrogen and oxygen atoms in total. The number of nitrogens with zero attached hydrogens (tertiary/aromatic N) is 3. The van der Waals surface area contributed by atoms with Crippen LogP contribution in [-0.4, -0.2) is 39.4 Å². The van der Waals surface area contributed by atoms with Crippen LogP contribution in [0.15, 0.2) is 12.4 Å². The van der Waals surface area contributed by atoms with Gasteiger partial charge in [0.2, 0.25) is 0 Å². The van der Waals surface area contributed by atoms with Gasteiger partial charge in [0, 0.05) is 18.3 Å². The van der Waals surface area contributed by atoms with Gasteiger partial charge in [0.25, 0.3) is 0 Å². The topological polar surface area (TPSA) is 41.3 Å². The van der Waals surface area contributed by atoms with Crippen LogP contribution in [0.5, 0.6) is 0 Å². The summed E-state index contributed by atoms with van der Waals surface area (Å²) in [6.45, 7) is 2.90. The van der Waals surface area contributed by atoms with Crippen molar-refractivity contribution in [2.45, 2.75) is 50.8 Å². The van der Waals surface area contributed by atoms with Crippen molar-refractivity contribution in [3.05, 3.63) is 18.0 Å². The quantitative estimate of drug-likeness (QED) is 0.868. The maximum Gasteiger partial charge on any atom is 0.100 e. The highest BCUT2D eigenvalue weighted by molar-refractivity contribution is 5.16. The van der Waals surface area contributed by atoms with Crippen LogP contribution in [0.4, 0.5) is 0 Å². The van der Waals surface area contributed by atoms with E-state index in [4.69, 9.17) is 0 Å². The average Bonchev–Trinajstić information content (AvgIpc) is 2.98. The van der Waals surface area contributed by atoms with Gasteiger partial charge in [-0.3, -0.25) is 4.68 Å². The molecule has 1 aromatic rings. The number of rotatable bonds is 4. The van der Waals surface area contributed by atoms with Crippen molar-refractivity contribution in [2.24, 2.45) is 0 Å². The Labute approximate surface area is 103 Å². The minimum atomic E-state index is -0.430. The summed E-state index contributed by atoms with van der Waals surface area (Å²) in [4.78, 5) is 2.19. The van der Waals surface area contributed by atoms with Gasteiger partial charge in [-0.15, -0.1) is 0 Å². The van der Waals surface area contributed by atoms with Gasteiger partial charge in [0.1, 0.15) is 6.10 Å². The Balaban J connectivity index is 2.24. The largest absolute Gasteiger partial charge is 0.386 e. The van der Waals surface area contributed by atoms with Gasteiger partial charge in [0.05, 0.1) is 11.7 Å². The molecule has 0 spiro atoms. The Morgan fingerprint density at radius 1 is 1.47 bits per heavy atom. The van der Waals surface area contributed by atoms with Crippen LogP contribution in [0, 0.1) is 0 Å². The monoisotopic (exact) mass is 237 g/mol. The van der Waals surface area contributed by atoms with E-state index in [0.717, 1.165) is 24.9 Å². The Kier molecular flexibility index (Phi) is 3.54. The van der Waals surface area contributed by atoms with Gasteiger partial charge in [0.15, 0.2) is 0 Å².